The molecule has 0 saturated heterocycles. The molecule has 0 aromatic carbocycles. The van der Waals surface area contributed by atoms with Gasteiger partial charge in [-0.3, -0.25) is 10.1 Å². The number of carbonyl (C=O) groups is 1. The molecular formula is C21H34O5. The normalized spacial score (nSPS) is 13.5. The molecule has 0 amide bonds. The summed E-state index contributed by atoms with van der Waals surface area (Å²) in [5, 5.41) is 17.6. The van der Waals surface area contributed by atoms with E-state index >= 15 is 0 Å². The van der Waals surface area contributed by atoms with Crippen molar-refractivity contribution in [2.24, 2.45) is 0 Å². The molecule has 148 valence electrons. The van der Waals surface area contributed by atoms with E-state index in [1.807, 2.05) is 30.4 Å². The quantitative estimate of drug-likeness (QED) is 0.103. The van der Waals surface area contributed by atoms with Crippen molar-refractivity contribution in [1.29, 1.82) is 0 Å². The highest BCUT2D eigenvalue weighted by atomic mass is 17.1. The molecular weight excluding hydrogens is 332 g/mol. The first-order chi connectivity index (χ1) is 12.7. The van der Waals surface area contributed by atoms with Crippen LogP contribution in [0.3, 0.4) is 0 Å². The lowest BCUT2D eigenvalue weighted by Gasteiger charge is -2.04. The molecule has 2 N–H and O–H groups in total. The van der Waals surface area contributed by atoms with Crippen molar-refractivity contribution in [2.45, 2.75) is 63.9 Å². The van der Waals surface area contributed by atoms with Crippen molar-refractivity contribution in [1.82, 2.24) is 0 Å². The lowest BCUT2D eigenvalue weighted by atomic mass is 10.1. The number of allylic oxidation sites excluding steroid dienone is 6. The molecule has 0 radical (unpaired) electrons. The molecule has 0 fully saturated rings. The molecule has 1 unspecified atom stereocenters. The zero-order valence-electron chi connectivity index (χ0n) is 15.9. The summed E-state index contributed by atoms with van der Waals surface area (Å²) < 4.78 is 4.57. The maximum atomic E-state index is 10.9. The van der Waals surface area contributed by atoms with Gasteiger partial charge in [-0.25, -0.2) is 4.89 Å². The van der Waals surface area contributed by atoms with E-state index in [0.717, 1.165) is 44.9 Å². The molecule has 1 atom stereocenters. The maximum Gasteiger partial charge on any atom is 0.305 e. The van der Waals surface area contributed by atoms with Gasteiger partial charge < -0.3 is 9.84 Å². The fraction of sp³-hybridized carbons (Fsp3) is 0.571. The Kier molecular flexibility index (Phi) is 18.4. The van der Waals surface area contributed by atoms with Crippen LogP contribution in [0.1, 0.15) is 57.8 Å². The molecule has 26 heavy (non-hydrogen) atoms. The number of aliphatic hydroxyl groups excluding tert-OH is 1. The minimum atomic E-state index is -0.367. The second kappa shape index (κ2) is 19.6. The van der Waals surface area contributed by atoms with Gasteiger partial charge in [0, 0.05) is 13.0 Å². The van der Waals surface area contributed by atoms with Crippen molar-refractivity contribution in [3.63, 3.8) is 0 Å². The standard InChI is InChI=1S/C21H34O5/c1-25-21(23)18-14-10-7-9-13-17-20(26-24)16-12-8-5-3-2-4-6-11-15-19-22/h2-3,7-9,12-13,17,20,22,24H,4-6,10-11,14-16,18-19H2,1H3/b3-2-,9-7-,12-8-,17-13+. The third kappa shape index (κ3) is 17.1. The fourth-order valence-electron chi connectivity index (χ4n) is 2.16. The Labute approximate surface area is 157 Å². The van der Waals surface area contributed by atoms with Gasteiger partial charge in [0.2, 0.25) is 0 Å². The number of methoxy groups -OCH3 is 1. The van der Waals surface area contributed by atoms with E-state index in [1.54, 1.807) is 6.08 Å². The summed E-state index contributed by atoms with van der Waals surface area (Å²) in [6.45, 7) is 0.278. The molecule has 0 rings (SSSR count). The van der Waals surface area contributed by atoms with Crippen LogP contribution < -0.4 is 0 Å². The number of esters is 1. The summed E-state index contributed by atoms with van der Waals surface area (Å²) in [7, 11) is 1.39. The van der Waals surface area contributed by atoms with E-state index in [9.17, 15) is 4.79 Å². The molecule has 0 saturated carbocycles. The van der Waals surface area contributed by atoms with E-state index < -0.39 is 0 Å². The topological polar surface area (TPSA) is 76.0 Å². The van der Waals surface area contributed by atoms with Crippen LogP contribution in [-0.4, -0.2) is 36.2 Å². The minimum Gasteiger partial charge on any atom is -0.469 e. The van der Waals surface area contributed by atoms with Gasteiger partial charge in [0.1, 0.15) is 6.10 Å². The van der Waals surface area contributed by atoms with Gasteiger partial charge in [-0.2, -0.15) is 0 Å². The Morgan fingerprint density at radius 1 is 0.962 bits per heavy atom. The molecule has 5 heteroatoms. The van der Waals surface area contributed by atoms with Gasteiger partial charge in [0.15, 0.2) is 0 Å². The van der Waals surface area contributed by atoms with E-state index in [1.165, 1.54) is 7.11 Å². The van der Waals surface area contributed by atoms with Crippen LogP contribution in [0, 0.1) is 0 Å². The molecule has 0 aliphatic heterocycles. The van der Waals surface area contributed by atoms with Crippen LogP contribution in [0.2, 0.25) is 0 Å². The van der Waals surface area contributed by atoms with Crippen LogP contribution >= 0.6 is 0 Å². The molecule has 0 heterocycles. The molecule has 0 aliphatic rings. The first-order valence-electron chi connectivity index (χ1n) is 9.35. The minimum absolute atomic E-state index is 0.189. The summed E-state index contributed by atoms with van der Waals surface area (Å²) in [4.78, 5) is 15.4. The molecule has 0 spiro atoms. The number of carbonyl (C=O) groups excluding carboxylic acids is 1. The maximum absolute atomic E-state index is 10.9. The number of unbranched alkanes of at least 4 members (excludes halogenated alkanes) is 4. The van der Waals surface area contributed by atoms with Crippen LogP contribution in [0.5, 0.6) is 0 Å². The van der Waals surface area contributed by atoms with Crippen molar-refractivity contribution in [2.75, 3.05) is 13.7 Å². The van der Waals surface area contributed by atoms with Gasteiger partial charge in [0.05, 0.1) is 7.11 Å². The summed E-state index contributed by atoms with van der Waals surface area (Å²) in [5.74, 6) is -0.189. The highest BCUT2D eigenvalue weighted by Crippen LogP contribution is 2.04. The second-order valence-electron chi connectivity index (χ2n) is 5.91. The van der Waals surface area contributed by atoms with Crippen LogP contribution in [0.4, 0.5) is 0 Å². The Hall–Kier alpha value is -1.69. The average Bonchev–Trinajstić information content (AvgIpc) is 2.66. The zero-order chi connectivity index (χ0) is 19.3. The summed E-state index contributed by atoms with van der Waals surface area (Å²) >= 11 is 0. The first-order valence-corrected chi connectivity index (χ1v) is 9.35. The highest BCUT2D eigenvalue weighted by Gasteiger charge is 2.00. The molecule has 5 nitrogen and oxygen atoms in total. The Morgan fingerprint density at radius 2 is 1.73 bits per heavy atom. The Balaban J connectivity index is 3.80. The fourth-order valence-corrected chi connectivity index (χ4v) is 2.16. The monoisotopic (exact) mass is 366 g/mol. The predicted molar refractivity (Wildman–Crippen MR) is 105 cm³/mol. The number of aliphatic hydroxyl groups is 1. The first kappa shape index (κ1) is 24.3. The number of hydrogen-bond acceptors (Lipinski definition) is 5. The summed E-state index contributed by atoms with van der Waals surface area (Å²) in [6, 6.07) is 0. The van der Waals surface area contributed by atoms with Crippen LogP contribution in [0.15, 0.2) is 48.6 Å². The number of ether oxygens (including phenoxy) is 1. The second-order valence-corrected chi connectivity index (χ2v) is 5.91. The van der Waals surface area contributed by atoms with Gasteiger partial charge in [-0.15, -0.1) is 0 Å². The summed E-state index contributed by atoms with van der Waals surface area (Å²) in [5.41, 5.74) is 0. The van der Waals surface area contributed by atoms with Crippen molar-refractivity contribution in [3.05, 3.63) is 48.6 Å². The Morgan fingerprint density at radius 3 is 2.46 bits per heavy atom. The Bertz CT molecular complexity index is 438. The lowest BCUT2D eigenvalue weighted by molar-refractivity contribution is -0.264. The number of rotatable bonds is 16. The third-order valence-corrected chi connectivity index (χ3v) is 3.69. The molecule has 0 bridgehead atoms. The van der Waals surface area contributed by atoms with E-state index in [0.29, 0.717) is 12.8 Å². The van der Waals surface area contributed by atoms with Crippen molar-refractivity contribution in [3.8, 4) is 0 Å². The van der Waals surface area contributed by atoms with E-state index in [-0.39, 0.29) is 18.7 Å². The van der Waals surface area contributed by atoms with Gasteiger partial charge in [-0.05, 0) is 44.9 Å². The zero-order valence-corrected chi connectivity index (χ0v) is 15.9. The smallest absolute Gasteiger partial charge is 0.305 e. The predicted octanol–water partition coefficient (Wildman–Crippen LogP) is 4.75. The highest BCUT2D eigenvalue weighted by molar-refractivity contribution is 5.69. The van der Waals surface area contributed by atoms with E-state index in [4.69, 9.17) is 10.4 Å². The average molecular weight is 366 g/mol. The molecule has 0 aliphatic carbocycles. The third-order valence-electron chi connectivity index (χ3n) is 3.69. The molecule has 0 aromatic heterocycles. The van der Waals surface area contributed by atoms with Crippen LogP contribution in [0.25, 0.3) is 0 Å². The van der Waals surface area contributed by atoms with E-state index in [2.05, 4.69) is 21.8 Å². The number of hydrogen-bond donors (Lipinski definition) is 2. The van der Waals surface area contributed by atoms with Gasteiger partial charge in [0.25, 0.3) is 0 Å². The summed E-state index contributed by atoms with van der Waals surface area (Å²) in [6.07, 6.45) is 23.0. The van der Waals surface area contributed by atoms with Crippen LogP contribution in [-0.2, 0) is 14.4 Å². The lowest BCUT2D eigenvalue weighted by Crippen LogP contribution is -2.04. The SMILES string of the molecule is COC(=O)CCC/C=C\C=C\C(C/C=C\C/C=C\CCCCCO)OO. The van der Waals surface area contributed by atoms with Crippen molar-refractivity contribution < 1.29 is 24.8 Å². The van der Waals surface area contributed by atoms with Gasteiger partial charge in [-0.1, -0.05) is 55.0 Å². The largest absolute Gasteiger partial charge is 0.469 e. The van der Waals surface area contributed by atoms with Gasteiger partial charge >= 0.3 is 5.97 Å². The molecule has 0 aromatic rings. The van der Waals surface area contributed by atoms with Crippen molar-refractivity contribution >= 4 is 5.97 Å².